The van der Waals surface area contributed by atoms with Crippen molar-refractivity contribution in [3.05, 3.63) is 23.9 Å². The smallest absolute Gasteiger partial charge is 0.129 e. The lowest BCUT2D eigenvalue weighted by Gasteiger charge is -2.10. The molecule has 0 bridgehead atoms. The number of aromatic nitrogens is 1. The van der Waals surface area contributed by atoms with Crippen LogP contribution in [0.4, 0.5) is 5.82 Å². The summed E-state index contributed by atoms with van der Waals surface area (Å²) in [4.78, 5) is 4.29. The molecule has 0 spiro atoms. The molecular formula is C12H18N2OS. The van der Waals surface area contributed by atoms with Gasteiger partial charge in [-0.25, -0.2) is 4.98 Å². The molecule has 0 saturated carbocycles. The predicted molar refractivity (Wildman–Crippen MR) is 68.9 cm³/mol. The summed E-state index contributed by atoms with van der Waals surface area (Å²) in [5, 5.41) is 3.12. The molecule has 1 saturated heterocycles. The van der Waals surface area contributed by atoms with Crippen molar-refractivity contribution >= 4 is 17.6 Å². The quantitative estimate of drug-likeness (QED) is 0.855. The third kappa shape index (κ3) is 3.12. The fourth-order valence-corrected chi connectivity index (χ4v) is 2.95. The second kappa shape index (κ2) is 6.11. The van der Waals surface area contributed by atoms with E-state index in [1.54, 1.807) is 0 Å². The first-order valence-corrected chi connectivity index (χ1v) is 6.86. The van der Waals surface area contributed by atoms with E-state index < -0.39 is 0 Å². The highest BCUT2D eigenvalue weighted by atomic mass is 32.2. The number of hydrogen-bond acceptors (Lipinski definition) is 4. The lowest BCUT2D eigenvalue weighted by Crippen LogP contribution is -2.08. The van der Waals surface area contributed by atoms with Crippen molar-refractivity contribution in [1.82, 2.24) is 4.98 Å². The Morgan fingerprint density at radius 1 is 1.62 bits per heavy atom. The first-order valence-electron chi connectivity index (χ1n) is 5.71. The zero-order chi connectivity index (χ0) is 11.2. The van der Waals surface area contributed by atoms with Crippen molar-refractivity contribution in [2.75, 3.05) is 24.7 Å². The lowest BCUT2D eigenvalue weighted by molar-refractivity contribution is 0.129. The van der Waals surface area contributed by atoms with Crippen molar-refractivity contribution in [2.45, 2.75) is 24.7 Å². The normalized spacial score (nSPS) is 19.9. The maximum atomic E-state index is 5.60. The van der Waals surface area contributed by atoms with Gasteiger partial charge < -0.3 is 10.1 Å². The molecular weight excluding hydrogens is 220 g/mol. The minimum absolute atomic E-state index is 0.472. The molecule has 4 heteroatoms. The number of pyridine rings is 1. The van der Waals surface area contributed by atoms with E-state index >= 15 is 0 Å². The molecule has 3 nitrogen and oxygen atoms in total. The first kappa shape index (κ1) is 11.7. The van der Waals surface area contributed by atoms with Gasteiger partial charge in [0, 0.05) is 36.9 Å². The number of ether oxygens (including phenoxy) is 1. The van der Waals surface area contributed by atoms with Gasteiger partial charge in [0.15, 0.2) is 0 Å². The summed E-state index contributed by atoms with van der Waals surface area (Å²) in [6.07, 6.45) is 4.73. The Labute approximate surface area is 101 Å². The van der Waals surface area contributed by atoms with Gasteiger partial charge in [-0.05, 0) is 18.9 Å². The van der Waals surface area contributed by atoms with Gasteiger partial charge in [-0.15, -0.1) is 0 Å². The van der Waals surface area contributed by atoms with Crippen LogP contribution in [0.1, 0.15) is 18.4 Å². The molecule has 0 aliphatic carbocycles. The summed E-state index contributed by atoms with van der Waals surface area (Å²) in [6, 6.07) is 4.12. The molecule has 16 heavy (non-hydrogen) atoms. The van der Waals surface area contributed by atoms with Crippen LogP contribution in [0.5, 0.6) is 0 Å². The summed E-state index contributed by atoms with van der Waals surface area (Å²) < 4.78 is 5.60. The zero-order valence-electron chi connectivity index (χ0n) is 9.61. The van der Waals surface area contributed by atoms with Crippen LogP contribution in [0.2, 0.25) is 0 Å². The summed E-state index contributed by atoms with van der Waals surface area (Å²) in [5.74, 6) is 3.09. The number of anilines is 1. The fraction of sp³-hybridized carbons (Fsp3) is 0.583. The van der Waals surface area contributed by atoms with Crippen LogP contribution in [0.25, 0.3) is 0 Å². The zero-order valence-corrected chi connectivity index (χ0v) is 10.4. The van der Waals surface area contributed by atoms with E-state index in [1.807, 2.05) is 31.1 Å². The molecule has 1 unspecified atom stereocenters. The van der Waals surface area contributed by atoms with Gasteiger partial charge in [-0.1, -0.05) is 6.07 Å². The molecule has 1 aromatic heterocycles. The van der Waals surface area contributed by atoms with Crippen molar-refractivity contribution in [2.24, 2.45) is 0 Å². The average molecular weight is 238 g/mol. The number of hydrogen-bond donors (Lipinski definition) is 1. The Morgan fingerprint density at radius 3 is 3.31 bits per heavy atom. The molecule has 0 amide bonds. The average Bonchev–Trinajstić information content (AvgIpc) is 2.83. The van der Waals surface area contributed by atoms with Gasteiger partial charge in [0.1, 0.15) is 5.82 Å². The van der Waals surface area contributed by atoms with E-state index in [2.05, 4.69) is 16.4 Å². The minimum Gasteiger partial charge on any atom is -0.377 e. The van der Waals surface area contributed by atoms with Gasteiger partial charge in [0.2, 0.25) is 0 Å². The van der Waals surface area contributed by atoms with Gasteiger partial charge in [-0.2, -0.15) is 11.8 Å². The van der Waals surface area contributed by atoms with Crippen LogP contribution in [-0.4, -0.2) is 30.5 Å². The molecule has 0 radical (unpaired) electrons. The number of thioether (sulfide) groups is 1. The summed E-state index contributed by atoms with van der Waals surface area (Å²) >= 11 is 1.93. The molecule has 1 aliphatic rings. The van der Waals surface area contributed by atoms with E-state index in [-0.39, 0.29) is 0 Å². The SMILES string of the molecule is CNc1ncccc1CSCC1CCCO1. The van der Waals surface area contributed by atoms with E-state index in [0.717, 1.165) is 23.9 Å². The van der Waals surface area contributed by atoms with E-state index in [0.29, 0.717) is 6.10 Å². The van der Waals surface area contributed by atoms with Crippen LogP contribution in [0.3, 0.4) is 0 Å². The molecule has 1 aliphatic heterocycles. The molecule has 1 atom stereocenters. The lowest BCUT2D eigenvalue weighted by atomic mass is 10.3. The summed E-state index contributed by atoms with van der Waals surface area (Å²) in [5.41, 5.74) is 1.27. The molecule has 0 aromatic carbocycles. The predicted octanol–water partition coefficient (Wildman–Crippen LogP) is 2.54. The van der Waals surface area contributed by atoms with Crippen LogP contribution in [0.15, 0.2) is 18.3 Å². The van der Waals surface area contributed by atoms with Crippen LogP contribution < -0.4 is 5.32 Å². The van der Waals surface area contributed by atoms with Crippen molar-refractivity contribution in [3.8, 4) is 0 Å². The third-order valence-electron chi connectivity index (χ3n) is 2.71. The van der Waals surface area contributed by atoms with Gasteiger partial charge in [0.05, 0.1) is 6.10 Å². The van der Waals surface area contributed by atoms with Crippen molar-refractivity contribution in [3.63, 3.8) is 0 Å². The Morgan fingerprint density at radius 2 is 2.56 bits per heavy atom. The highest BCUT2D eigenvalue weighted by Gasteiger charge is 2.15. The highest BCUT2D eigenvalue weighted by Crippen LogP contribution is 2.22. The van der Waals surface area contributed by atoms with Gasteiger partial charge in [0.25, 0.3) is 0 Å². The van der Waals surface area contributed by atoms with E-state index in [4.69, 9.17) is 4.74 Å². The number of nitrogens with one attached hydrogen (secondary N) is 1. The van der Waals surface area contributed by atoms with Crippen LogP contribution in [-0.2, 0) is 10.5 Å². The molecule has 1 N–H and O–H groups in total. The minimum atomic E-state index is 0.472. The van der Waals surface area contributed by atoms with E-state index in [1.165, 1.54) is 18.4 Å². The summed E-state index contributed by atoms with van der Waals surface area (Å²) in [7, 11) is 1.91. The number of nitrogens with zero attached hydrogens (tertiary/aromatic N) is 1. The first-order chi connectivity index (χ1) is 7.90. The Kier molecular flexibility index (Phi) is 4.48. The molecule has 1 fully saturated rings. The molecule has 1 aromatic rings. The maximum Gasteiger partial charge on any atom is 0.129 e. The highest BCUT2D eigenvalue weighted by molar-refractivity contribution is 7.98. The molecule has 2 heterocycles. The standard InChI is InChI=1S/C12H18N2OS/c1-13-12-10(4-2-6-14-12)8-16-9-11-5-3-7-15-11/h2,4,6,11H,3,5,7-9H2,1H3,(H,13,14). The molecule has 88 valence electrons. The topological polar surface area (TPSA) is 34.2 Å². The van der Waals surface area contributed by atoms with E-state index in [9.17, 15) is 0 Å². The van der Waals surface area contributed by atoms with Crippen LogP contribution in [0, 0.1) is 0 Å². The Balaban J connectivity index is 1.79. The Bertz CT molecular complexity index is 327. The van der Waals surface area contributed by atoms with Crippen LogP contribution >= 0.6 is 11.8 Å². The summed E-state index contributed by atoms with van der Waals surface area (Å²) in [6.45, 7) is 0.944. The maximum absolute atomic E-state index is 5.60. The third-order valence-corrected chi connectivity index (χ3v) is 3.84. The Hall–Kier alpha value is -0.740. The van der Waals surface area contributed by atoms with Gasteiger partial charge in [-0.3, -0.25) is 0 Å². The second-order valence-corrected chi connectivity index (χ2v) is 4.94. The van der Waals surface area contributed by atoms with Gasteiger partial charge >= 0.3 is 0 Å². The van der Waals surface area contributed by atoms with Crippen molar-refractivity contribution < 1.29 is 4.74 Å². The second-order valence-electron chi connectivity index (χ2n) is 3.91. The monoisotopic (exact) mass is 238 g/mol. The fourth-order valence-electron chi connectivity index (χ4n) is 1.86. The van der Waals surface area contributed by atoms with Crippen molar-refractivity contribution in [1.29, 1.82) is 0 Å². The molecule has 2 rings (SSSR count). The number of rotatable bonds is 5. The largest absolute Gasteiger partial charge is 0.377 e.